The molecule has 0 amide bonds. The highest BCUT2D eigenvalue weighted by Gasteiger charge is 2.12. The highest BCUT2D eigenvalue weighted by Crippen LogP contribution is 2.29. The molecule has 3 nitrogen and oxygen atoms in total. The van der Waals surface area contributed by atoms with E-state index in [2.05, 4.69) is 22.6 Å². The molecule has 0 atom stereocenters. The fraction of sp³-hybridized carbons (Fsp3) is 0.235. The molecule has 0 radical (unpaired) electrons. The minimum atomic E-state index is -0.267. The number of rotatable bonds is 5. The monoisotopic (exact) mass is 430 g/mol. The second kappa shape index (κ2) is 7.83. The second-order valence-corrected chi connectivity index (χ2v) is 6.34. The quantitative estimate of drug-likeness (QED) is 0.374. The number of carbonyl (C=O) groups is 1. The van der Waals surface area contributed by atoms with Crippen LogP contribution in [-0.2, 0) is 11.4 Å². The van der Waals surface area contributed by atoms with Crippen molar-refractivity contribution in [2.45, 2.75) is 26.9 Å². The number of ether oxygens (including phenoxy) is 2. The Morgan fingerprint density at radius 3 is 2.68 bits per heavy atom. The van der Waals surface area contributed by atoms with Gasteiger partial charge in [0.25, 0.3) is 0 Å². The van der Waals surface area contributed by atoms with Crippen LogP contribution in [0.5, 0.6) is 11.5 Å². The van der Waals surface area contributed by atoms with Crippen molar-refractivity contribution in [1.82, 2.24) is 0 Å². The summed E-state index contributed by atoms with van der Waals surface area (Å²) in [5.74, 6) is 0.873. The molecule has 0 aliphatic carbocycles. The predicted molar refractivity (Wildman–Crippen MR) is 95.6 cm³/mol. The topological polar surface area (TPSA) is 35.5 Å². The summed E-state index contributed by atoms with van der Waals surface area (Å²) in [6.45, 7) is 4.02. The summed E-state index contributed by atoms with van der Waals surface area (Å²) in [4.78, 5) is 11.5. The number of halogens is 2. The summed E-state index contributed by atoms with van der Waals surface area (Å²) < 4.78 is 12.1. The van der Waals surface area contributed by atoms with Crippen molar-refractivity contribution in [2.24, 2.45) is 0 Å². The fourth-order valence-electron chi connectivity index (χ4n) is 1.84. The molecule has 2 aromatic rings. The maximum atomic E-state index is 11.5. The van der Waals surface area contributed by atoms with Crippen molar-refractivity contribution in [2.75, 3.05) is 0 Å². The van der Waals surface area contributed by atoms with E-state index in [1.807, 2.05) is 37.3 Å². The summed E-state index contributed by atoms with van der Waals surface area (Å²) in [6, 6.07) is 11.2. The Labute approximate surface area is 148 Å². The molecule has 116 valence electrons. The van der Waals surface area contributed by atoms with Crippen molar-refractivity contribution in [3.8, 4) is 11.5 Å². The van der Waals surface area contributed by atoms with Gasteiger partial charge in [0.05, 0.1) is 5.02 Å². The molecule has 0 saturated carbocycles. The highest BCUT2D eigenvalue weighted by molar-refractivity contribution is 14.1. The molecule has 0 fully saturated rings. The average Bonchev–Trinajstić information content (AvgIpc) is 2.48. The number of benzene rings is 2. The van der Waals surface area contributed by atoms with Crippen LogP contribution in [0.15, 0.2) is 36.4 Å². The minimum Gasteiger partial charge on any atom is -0.487 e. The molecule has 0 aromatic heterocycles. The molecule has 0 aliphatic heterocycles. The second-order valence-electron chi connectivity index (χ2n) is 4.77. The van der Waals surface area contributed by atoms with Gasteiger partial charge in [-0.1, -0.05) is 30.7 Å². The number of hydrogen-bond donors (Lipinski definition) is 0. The van der Waals surface area contributed by atoms with Gasteiger partial charge < -0.3 is 9.47 Å². The van der Waals surface area contributed by atoms with Crippen molar-refractivity contribution in [1.29, 1.82) is 0 Å². The highest BCUT2D eigenvalue weighted by atomic mass is 127. The van der Waals surface area contributed by atoms with Gasteiger partial charge in [0.2, 0.25) is 0 Å². The third-order valence-corrected chi connectivity index (χ3v) is 4.35. The Hall–Kier alpha value is -1.27. The number of esters is 1. The zero-order chi connectivity index (χ0) is 16.1. The van der Waals surface area contributed by atoms with Crippen molar-refractivity contribution >= 4 is 40.2 Å². The van der Waals surface area contributed by atoms with Gasteiger partial charge in [-0.25, -0.2) is 0 Å². The van der Waals surface area contributed by atoms with Crippen LogP contribution in [-0.4, -0.2) is 5.97 Å². The molecule has 0 bridgehead atoms. The van der Waals surface area contributed by atoms with Gasteiger partial charge in [-0.15, -0.1) is 0 Å². The summed E-state index contributed by atoms with van der Waals surface area (Å²) >= 11 is 8.37. The van der Waals surface area contributed by atoms with Crippen LogP contribution in [0.2, 0.25) is 5.02 Å². The summed E-state index contributed by atoms with van der Waals surface area (Å²) in [5, 5.41) is 0.568. The lowest BCUT2D eigenvalue weighted by Crippen LogP contribution is -2.09. The van der Waals surface area contributed by atoms with Gasteiger partial charge in [-0.05, 0) is 59.3 Å². The molecule has 5 heteroatoms. The third kappa shape index (κ3) is 4.36. The maximum absolute atomic E-state index is 11.5. The SMILES string of the molecule is CCC(=O)Oc1cccc(I)c1COc1ccc(C)cc1Cl. The van der Waals surface area contributed by atoms with E-state index in [4.69, 9.17) is 21.1 Å². The first-order valence-electron chi connectivity index (χ1n) is 6.88. The molecule has 22 heavy (non-hydrogen) atoms. The standard InChI is InChI=1S/C17H16ClIO3/c1-3-17(20)22-15-6-4-5-14(19)12(15)10-21-16-8-7-11(2)9-13(16)18/h4-9H,3,10H2,1-2H3. The summed E-state index contributed by atoms with van der Waals surface area (Å²) in [6.07, 6.45) is 0.329. The first-order valence-corrected chi connectivity index (χ1v) is 8.34. The number of carbonyl (C=O) groups excluding carboxylic acids is 1. The van der Waals surface area contributed by atoms with E-state index in [1.165, 1.54) is 0 Å². The third-order valence-electron chi connectivity index (χ3n) is 3.05. The number of hydrogen-bond acceptors (Lipinski definition) is 3. The molecule has 0 N–H and O–H groups in total. The van der Waals surface area contributed by atoms with Gasteiger partial charge in [0, 0.05) is 15.6 Å². The minimum absolute atomic E-state index is 0.267. The first-order chi connectivity index (χ1) is 10.5. The van der Waals surface area contributed by atoms with E-state index in [9.17, 15) is 4.79 Å². The summed E-state index contributed by atoms with van der Waals surface area (Å²) in [7, 11) is 0. The Balaban J connectivity index is 2.19. The van der Waals surface area contributed by atoms with Crippen LogP contribution in [0.3, 0.4) is 0 Å². The van der Waals surface area contributed by atoms with Gasteiger partial charge in [-0.2, -0.15) is 0 Å². The molecule has 0 aliphatic rings. The maximum Gasteiger partial charge on any atom is 0.310 e. The predicted octanol–water partition coefficient (Wildman–Crippen LogP) is 5.15. The van der Waals surface area contributed by atoms with Crippen LogP contribution in [0.1, 0.15) is 24.5 Å². The van der Waals surface area contributed by atoms with E-state index in [-0.39, 0.29) is 12.6 Å². The summed E-state index contributed by atoms with van der Waals surface area (Å²) in [5.41, 5.74) is 1.91. The van der Waals surface area contributed by atoms with Crippen molar-refractivity contribution in [3.05, 3.63) is 56.1 Å². The fourth-order valence-corrected chi connectivity index (χ4v) is 2.76. The van der Waals surface area contributed by atoms with E-state index < -0.39 is 0 Å². The largest absolute Gasteiger partial charge is 0.487 e. The lowest BCUT2D eigenvalue weighted by atomic mass is 10.2. The van der Waals surface area contributed by atoms with Gasteiger partial charge in [-0.3, -0.25) is 4.79 Å². The molecule has 0 unspecified atom stereocenters. The molecular weight excluding hydrogens is 415 g/mol. The van der Waals surface area contributed by atoms with E-state index in [1.54, 1.807) is 13.0 Å². The zero-order valence-corrected chi connectivity index (χ0v) is 15.3. The van der Waals surface area contributed by atoms with E-state index in [0.717, 1.165) is 14.7 Å². The zero-order valence-electron chi connectivity index (χ0n) is 12.4. The van der Waals surface area contributed by atoms with Crippen LogP contribution >= 0.6 is 34.2 Å². The Bertz CT molecular complexity index is 686. The Morgan fingerprint density at radius 2 is 2.00 bits per heavy atom. The van der Waals surface area contributed by atoms with Crippen molar-refractivity contribution in [3.63, 3.8) is 0 Å². The molecule has 0 saturated heterocycles. The smallest absolute Gasteiger partial charge is 0.310 e. The van der Waals surface area contributed by atoms with Crippen LogP contribution < -0.4 is 9.47 Å². The number of aryl methyl sites for hydroxylation is 1. The first kappa shape index (κ1) is 17.1. The lowest BCUT2D eigenvalue weighted by Gasteiger charge is -2.13. The average molecular weight is 431 g/mol. The molecule has 0 spiro atoms. The van der Waals surface area contributed by atoms with Crippen LogP contribution in [0.4, 0.5) is 0 Å². The molecule has 0 heterocycles. The van der Waals surface area contributed by atoms with Crippen molar-refractivity contribution < 1.29 is 14.3 Å². The Kier molecular flexibility index (Phi) is 6.08. The van der Waals surface area contributed by atoms with E-state index >= 15 is 0 Å². The lowest BCUT2D eigenvalue weighted by molar-refractivity contribution is -0.134. The normalized spacial score (nSPS) is 10.4. The van der Waals surface area contributed by atoms with Gasteiger partial charge in [0.15, 0.2) is 0 Å². The van der Waals surface area contributed by atoms with Gasteiger partial charge in [0.1, 0.15) is 18.1 Å². The van der Waals surface area contributed by atoms with Crippen LogP contribution in [0.25, 0.3) is 0 Å². The van der Waals surface area contributed by atoms with Crippen LogP contribution in [0, 0.1) is 10.5 Å². The molecule has 2 rings (SSSR count). The van der Waals surface area contributed by atoms with Gasteiger partial charge >= 0.3 is 5.97 Å². The molecular formula is C17H16ClIO3. The molecule has 2 aromatic carbocycles. The van der Waals surface area contributed by atoms with E-state index in [0.29, 0.717) is 22.9 Å². The Morgan fingerprint density at radius 1 is 1.23 bits per heavy atom.